The average molecular weight is 343 g/mol. The number of benzene rings is 1. The number of fused-ring (bicyclic) bond motifs is 3. The van der Waals surface area contributed by atoms with E-state index in [1.165, 1.54) is 39.0 Å². The minimum absolute atomic E-state index is 0.473. The maximum atomic E-state index is 2.50. The highest BCUT2D eigenvalue weighted by molar-refractivity contribution is 8.03. The molecule has 1 aromatic rings. The Hall–Kier alpha value is -1.99. The Morgan fingerprint density at radius 3 is 2.76 bits per heavy atom. The maximum Gasteiger partial charge on any atom is 0.0530 e. The zero-order valence-corrected chi connectivity index (χ0v) is 15.8. The number of thioether (sulfide) groups is 1. The van der Waals surface area contributed by atoms with Crippen LogP contribution in [-0.2, 0) is 6.42 Å². The van der Waals surface area contributed by atoms with Crippen LogP contribution in [0.1, 0.15) is 31.9 Å². The van der Waals surface area contributed by atoms with Gasteiger partial charge in [0.1, 0.15) is 0 Å². The van der Waals surface area contributed by atoms with Crippen LogP contribution in [0.25, 0.3) is 6.08 Å². The Morgan fingerprint density at radius 2 is 1.92 bits per heavy atom. The van der Waals surface area contributed by atoms with Gasteiger partial charge in [-0.25, -0.2) is 0 Å². The number of hydrogen-bond acceptors (Lipinski definition) is 1. The smallest absolute Gasteiger partial charge is 0.0530 e. The minimum atomic E-state index is 0.473. The highest BCUT2D eigenvalue weighted by Gasteiger charge is 2.33. The Labute approximate surface area is 154 Å². The van der Waals surface area contributed by atoms with Gasteiger partial charge < -0.3 is 0 Å². The van der Waals surface area contributed by atoms with Crippen molar-refractivity contribution in [1.82, 2.24) is 0 Å². The third-order valence-electron chi connectivity index (χ3n) is 6.08. The van der Waals surface area contributed by atoms with E-state index in [2.05, 4.69) is 74.7 Å². The molecule has 124 valence electrons. The molecule has 0 amide bonds. The Kier molecular flexibility index (Phi) is 3.36. The lowest BCUT2D eigenvalue weighted by molar-refractivity contribution is 0.789. The van der Waals surface area contributed by atoms with E-state index in [1.54, 1.807) is 11.1 Å². The molecule has 1 heterocycles. The van der Waals surface area contributed by atoms with E-state index in [-0.39, 0.29) is 0 Å². The van der Waals surface area contributed by atoms with Gasteiger partial charge in [-0.15, -0.1) is 11.8 Å². The first-order chi connectivity index (χ1) is 12.1. The molecule has 0 saturated carbocycles. The van der Waals surface area contributed by atoms with Crippen LogP contribution in [0.5, 0.6) is 0 Å². The molecule has 0 radical (unpaired) electrons. The molecule has 25 heavy (non-hydrogen) atoms. The van der Waals surface area contributed by atoms with Gasteiger partial charge in [0.2, 0.25) is 0 Å². The monoisotopic (exact) mass is 342 g/mol. The van der Waals surface area contributed by atoms with Crippen molar-refractivity contribution >= 4 is 17.8 Å². The van der Waals surface area contributed by atoms with Crippen LogP contribution in [0.3, 0.4) is 0 Å². The molecule has 0 N–H and O–H groups in total. The van der Waals surface area contributed by atoms with E-state index in [9.17, 15) is 0 Å². The van der Waals surface area contributed by atoms with Crippen molar-refractivity contribution in [1.29, 1.82) is 0 Å². The lowest BCUT2D eigenvalue weighted by atomic mass is 9.80. The number of rotatable bonds is 2. The molecule has 3 aliphatic carbocycles. The van der Waals surface area contributed by atoms with Crippen molar-refractivity contribution in [3.05, 3.63) is 98.0 Å². The Bertz CT molecular complexity index is 975. The van der Waals surface area contributed by atoms with Gasteiger partial charge in [0.25, 0.3) is 0 Å². The Morgan fingerprint density at radius 1 is 1.08 bits per heavy atom. The molecule has 4 aliphatic rings. The van der Waals surface area contributed by atoms with Gasteiger partial charge in [0, 0.05) is 5.92 Å². The van der Waals surface area contributed by atoms with Crippen molar-refractivity contribution in [2.45, 2.75) is 32.4 Å². The highest BCUT2D eigenvalue weighted by atomic mass is 32.2. The fraction of sp³-hybridized carbons (Fsp3) is 0.250. The molecule has 1 aliphatic heterocycles. The van der Waals surface area contributed by atoms with Crippen molar-refractivity contribution in [3.8, 4) is 0 Å². The van der Waals surface area contributed by atoms with Crippen LogP contribution < -0.4 is 0 Å². The predicted octanol–water partition coefficient (Wildman–Crippen LogP) is 6.40. The standard InChI is InChI=1S/C24H22S/c1-14-10-21-16(3)20-8-9-25-23(20)13-22(21)24(14)15(2)19-11-17-6-4-5-7-18(17)12-19/h4-11,13,15,23H,12H2,1-3H3/t15-,23?/m1/s1. The van der Waals surface area contributed by atoms with Crippen LogP contribution >= 0.6 is 11.8 Å². The van der Waals surface area contributed by atoms with Crippen LogP contribution in [0.4, 0.5) is 0 Å². The molecule has 1 aromatic carbocycles. The van der Waals surface area contributed by atoms with Gasteiger partial charge in [0.15, 0.2) is 0 Å². The minimum Gasteiger partial charge on any atom is -0.122 e. The van der Waals surface area contributed by atoms with Crippen molar-refractivity contribution < 1.29 is 0 Å². The summed E-state index contributed by atoms with van der Waals surface area (Å²) in [7, 11) is 0. The predicted molar refractivity (Wildman–Crippen MR) is 109 cm³/mol. The van der Waals surface area contributed by atoms with Crippen LogP contribution in [0, 0.1) is 5.92 Å². The second-order valence-corrected chi connectivity index (χ2v) is 8.54. The molecule has 0 fully saturated rings. The maximum absolute atomic E-state index is 2.50. The summed E-state index contributed by atoms with van der Waals surface area (Å²) in [6.07, 6.45) is 10.7. The highest BCUT2D eigenvalue weighted by Crippen LogP contribution is 2.49. The molecule has 1 unspecified atom stereocenters. The first kappa shape index (κ1) is 15.3. The molecule has 0 spiro atoms. The molecule has 0 saturated heterocycles. The first-order valence-electron chi connectivity index (χ1n) is 9.10. The van der Waals surface area contributed by atoms with Gasteiger partial charge >= 0.3 is 0 Å². The molecule has 0 aromatic heterocycles. The molecule has 1 heteroatoms. The van der Waals surface area contributed by atoms with Crippen molar-refractivity contribution in [2.75, 3.05) is 0 Å². The molecular weight excluding hydrogens is 320 g/mol. The Balaban J connectivity index is 1.51. The topological polar surface area (TPSA) is 0 Å². The summed E-state index contributed by atoms with van der Waals surface area (Å²) < 4.78 is 0. The lowest BCUT2D eigenvalue weighted by Gasteiger charge is -2.25. The second-order valence-electron chi connectivity index (χ2n) is 7.49. The summed E-state index contributed by atoms with van der Waals surface area (Å²) in [5, 5.41) is 2.76. The van der Waals surface area contributed by atoms with E-state index in [1.807, 2.05) is 11.8 Å². The molecular formula is C24H22S. The second kappa shape index (κ2) is 5.51. The van der Waals surface area contributed by atoms with Crippen LogP contribution in [-0.4, -0.2) is 5.25 Å². The van der Waals surface area contributed by atoms with Gasteiger partial charge in [-0.2, -0.15) is 0 Å². The van der Waals surface area contributed by atoms with Crippen LogP contribution in [0.2, 0.25) is 0 Å². The average Bonchev–Trinajstić information content (AvgIpc) is 3.30. The third kappa shape index (κ3) is 2.22. The van der Waals surface area contributed by atoms with Gasteiger partial charge in [0.05, 0.1) is 5.25 Å². The summed E-state index contributed by atoms with van der Waals surface area (Å²) in [4.78, 5) is 0. The SMILES string of the molecule is CC1=C([C@H](C)C2=Cc3ccccc3C2)C2=CC3SC=CC3=C(C)C2=C1. The fourth-order valence-corrected chi connectivity index (χ4v) is 5.72. The van der Waals surface area contributed by atoms with E-state index >= 15 is 0 Å². The lowest BCUT2D eigenvalue weighted by Crippen LogP contribution is -2.13. The van der Waals surface area contributed by atoms with Crippen molar-refractivity contribution in [3.63, 3.8) is 0 Å². The number of hydrogen-bond donors (Lipinski definition) is 0. The molecule has 0 bridgehead atoms. The van der Waals surface area contributed by atoms with E-state index in [0.29, 0.717) is 11.2 Å². The van der Waals surface area contributed by atoms with Crippen molar-refractivity contribution in [2.24, 2.45) is 5.92 Å². The number of allylic oxidation sites excluding steroid dienone is 8. The largest absolute Gasteiger partial charge is 0.122 e. The summed E-state index contributed by atoms with van der Waals surface area (Å²) in [5.41, 5.74) is 13.3. The molecule has 5 rings (SSSR count). The van der Waals surface area contributed by atoms with E-state index < -0.39 is 0 Å². The molecule has 2 atom stereocenters. The van der Waals surface area contributed by atoms with Gasteiger partial charge in [-0.3, -0.25) is 0 Å². The molecule has 0 nitrogen and oxygen atoms in total. The van der Waals surface area contributed by atoms with Crippen LogP contribution in [0.15, 0.2) is 86.9 Å². The normalized spacial score (nSPS) is 24.8. The van der Waals surface area contributed by atoms with Gasteiger partial charge in [-0.1, -0.05) is 61.1 Å². The zero-order chi connectivity index (χ0) is 17.1. The first-order valence-corrected chi connectivity index (χ1v) is 10.0. The summed E-state index contributed by atoms with van der Waals surface area (Å²) in [6.45, 7) is 6.98. The van der Waals surface area contributed by atoms with E-state index in [0.717, 1.165) is 6.42 Å². The van der Waals surface area contributed by atoms with E-state index in [4.69, 9.17) is 0 Å². The van der Waals surface area contributed by atoms with Gasteiger partial charge in [-0.05, 0) is 70.2 Å². The summed E-state index contributed by atoms with van der Waals surface area (Å²) in [5.74, 6) is 0.473. The zero-order valence-electron chi connectivity index (χ0n) is 15.0. The quantitative estimate of drug-likeness (QED) is 0.599. The summed E-state index contributed by atoms with van der Waals surface area (Å²) in [6, 6.07) is 8.82. The third-order valence-corrected chi connectivity index (χ3v) is 7.06. The summed E-state index contributed by atoms with van der Waals surface area (Å²) >= 11 is 1.94. The fourth-order valence-electron chi connectivity index (χ4n) is 4.70.